The highest BCUT2D eigenvalue weighted by Crippen LogP contribution is 2.35. The van der Waals surface area contributed by atoms with Gasteiger partial charge in [0, 0.05) is 6.07 Å². The first kappa shape index (κ1) is 17.0. The molecule has 5 heteroatoms. The molecule has 0 fully saturated rings. The fourth-order valence-electron chi connectivity index (χ4n) is 2.76. The van der Waals surface area contributed by atoms with E-state index >= 15 is 0 Å². The first-order valence-corrected chi connectivity index (χ1v) is 8.29. The largest absolute Gasteiger partial charge is 0.489 e. The summed E-state index contributed by atoms with van der Waals surface area (Å²) in [6.45, 7) is 0.197. The minimum absolute atomic E-state index is 0.166. The van der Waals surface area contributed by atoms with Gasteiger partial charge in [0.05, 0.1) is 5.56 Å². The number of ketones is 1. The average Bonchev–Trinajstić information content (AvgIpc) is 2.97. The number of halogens is 2. The van der Waals surface area contributed by atoms with Crippen molar-refractivity contribution in [3.05, 3.63) is 101 Å². The van der Waals surface area contributed by atoms with E-state index in [0.29, 0.717) is 28.2 Å². The normalized spacial score (nSPS) is 14.1. The van der Waals surface area contributed by atoms with Gasteiger partial charge in [0.1, 0.15) is 29.7 Å². The van der Waals surface area contributed by atoms with Crippen LogP contribution in [0.3, 0.4) is 0 Å². The van der Waals surface area contributed by atoms with E-state index < -0.39 is 0 Å². The molecule has 0 bridgehead atoms. The molecule has 0 saturated carbocycles. The smallest absolute Gasteiger partial charge is 0.231 e. The number of allylic oxidation sites excluding steroid dienone is 1. The lowest BCUT2D eigenvalue weighted by atomic mass is 10.1. The van der Waals surface area contributed by atoms with E-state index in [2.05, 4.69) is 0 Å². The van der Waals surface area contributed by atoms with Gasteiger partial charge in [-0.1, -0.05) is 24.3 Å². The van der Waals surface area contributed by atoms with Gasteiger partial charge in [-0.25, -0.2) is 8.78 Å². The van der Waals surface area contributed by atoms with Crippen molar-refractivity contribution in [2.45, 2.75) is 6.61 Å². The number of fused-ring (bicyclic) bond motifs is 1. The van der Waals surface area contributed by atoms with Gasteiger partial charge in [0.25, 0.3) is 0 Å². The standard InChI is InChI=1S/C22H14F2O3/c23-16-6-4-14(5-7-16)11-21-22(25)19-9-8-18(12-20(19)27-21)26-13-15-2-1-3-17(24)10-15/h1-12H,13H2/b21-11-. The fraction of sp³-hybridized carbons (Fsp3) is 0.0455. The molecule has 27 heavy (non-hydrogen) atoms. The van der Waals surface area contributed by atoms with Gasteiger partial charge in [-0.05, 0) is 53.6 Å². The number of benzene rings is 3. The SMILES string of the molecule is O=C1/C(=C/c2ccc(F)cc2)Oc2cc(OCc3cccc(F)c3)ccc21. The number of carbonyl (C=O) groups is 1. The van der Waals surface area contributed by atoms with E-state index in [1.165, 1.54) is 24.3 Å². The maximum Gasteiger partial charge on any atom is 0.231 e. The predicted molar refractivity (Wildman–Crippen MR) is 96.5 cm³/mol. The van der Waals surface area contributed by atoms with E-state index in [-0.39, 0.29) is 29.8 Å². The lowest BCUT2D eigenvalue weighted by molar-refractivity contribution is 0.101. The second kappa shape index (κ2) is 7.03. The van der Waals surface area contributed by atoms with Gasteiger partial charge in [-0.3, -0.25) is 4.79 Å². The second-order valence-electron chi connectivity index (χ2n) is 6.07. The summed E-state index contributed by atoms with van der Waals surface area (Å²) in [5, 5.41) is 0. The van der Waals surface area contributed by atoms with Crippen LogP contribution >= 0.6 is 0 Å². The summed E-state index contributed by atoms with van der Waals surface area (Å²) >= 11 is 0. The third-order valence-corrected chi connectivity index (χ3v) is 4.10. The number of hydrogen-bond donors (Lipinski definition) is 0. The molecule has 1 aliphatic heterocycles. The van der Waals surface area contributed by atoms with Crippen molar-refractivity contribution < 1.29 is 23.0 Å². The third-order valence-electron chi connectivity index (χ3n) is 4.10. The van der Waals surface area contributed by atoms with E-state index in [9.17, 15) is 13.6 Å². The van der Waals surface area contributed by atoms with Crippen molar-refractivity contribution in [3.63, 3.8) is 0 Å². The number of Topliss-reactive ketones (excluding diaryl/α,β-unsaturated/α-hetero) is 1. The van der Waals surface area contributed by atoms with Crippen LogP contribution < -0.4 is 9.47 Å². The Hall–Kier alpha value is -3.47. The molecule has 0 atom stereocenters. The number of ether oxygens (including phenoxy) is 2. The lowest BCUT2D eigenvalue weighted by Gasteiger charge is -2.07. The Morgan fingerprint density at radius 3 is 2.52 bits per heavy atom. The maximum atomic E-state index is 13.2. The van der Waals surface area contributed by atoms with Crippen LogP contribution in [-0.2, 0) is 6.61 Å². The zero-order chi connectivity index (χ0) is 18.8. The topological polar surface area (TPSA) is 35.5 Å². The molecule has 0 N–H and O–H groups in total. The summed E-state index contributed by atoms with van der Waals surface area (Å²) in [6, 6.07) is 16.8. The summed E-state index contributed by atoms with van der Waals surface area (Å²) in [4.78, 5) is 12.4. The van der Waals surface area contributed by atoms with Crippen molar-refractivity contribution in [1.29, 1.82) is 0 Å². The Morgan fingerprint density at radius 1 is 0.926 bits per heavy atom. The average molecular weight is 364 g/mol. The van der Waals surface area contributed by atoms with Crippen LogP contribution in [0.15, 0.2) is 72.5 Å². The quantitative estimate of drug-likeness (QED) is 0.600. The highest BCUT2D eigenvalue weighted by Gasteiger charge is 2.27. The van der Waals surface area contributed by atoms with Crippen LogP contribution in [-0.4, -0.2) is 5.78 Å². The second-order valence-corrected chi connectivity index (χ2v) is 6.07. The third kappa shape index (κ3) is 3.72. The van der Waals surface area contributed by atoms with Crippen molar-refractivity contribution >= 4 is 11.9 Å². The van der Waals surface area contributed by atoms with Crippen molar-refractivity contribution in [1.82, 2.24) is 0 Å². The van der Waals surface area contributed by atoms with Crippen molar-refractivity contribution in [2.24, 2.45) is 0 Å². The maximum absolute atomic E-state index is 13.2. The number of rotatable bonds is 4. The zero-order valence-electron chi connectivity index (χ0n) is 14.1. The zero-order valence-corrected chi connectivity index (χ0v) is 14.1. The Labute approximate surface area is 154 Å². The summed E-state index contributed by atoms with van der Waals surface area (Å²) < 4.78 is 37.5. The summed E-state index contributed by atoms with van der Waals surface area (Å²) in [6.07, 6.45) is 1.56. The Morgan fingerprint density at radius 2 is 1.74 bits per heavy atom. The lowest BCUT2D eigenvalue weighted by Crippen LogP contribution is -1.98. The van der Waals surface area contributed by atoms with Crippen molar-refractivity contribution in [2.75, 3.05) is 0 Å². The van der Waals surface area contributed by atoms with Crippen LogP contribution in [0.5, 0.6) is 11.5 Å². The summed E-state index contributed by atoms with van der Waals surface area (Å²) in [5.74, 6) is 0.151. The predicted octanol–water partition coefficient (Wildman–Crippen LogP) is 5.16. The molecule has 134 valence electrons. The molecular weight excluding hydrogens is 350 g/mol. The first-order valence-electron chi connectivity index (χ1n) is 8.29. The van der Waals surface area contributed by atoms with Gasteiger partial charge in [0.15, 0.2) is 5.76 Å². The molecule has 1 heterocycles. The molecule has 0 aromatic heterocycles. The molecule has 3 aromatic rings. The number of hydrogen-bond acceptors (Lipinski definition) is 3. The molecule has 0 spiro atoms. The molecule has 1 aliphatic rings. The molecule has 0 radical (unpaired) electrons. The molecule has 0 aliphatic carbocycles. The summed E-state index contributed by atoms with van der Waals surface area (Å²) in [5.41, 5.74) is 1.79. The number of carbonyl (C=O) groups excluding carboxylic acids is 1. The van der Waals surface area contributed by atoms with Crippen LogP contribution in [0.4, 0.5) is 8.78 Å². The van der Waals surface area contributed by atoms with Gasteiger partial charge < -0.3 is 9.47 Å². The van der Waals surface area contributed by atoms with Crippen LogP contribution in [0, 0.1) is 11.6 Å². The highest BCUT2D eigenvalue weighted by molar-refractivity contribution is 6.14. The van der Waals surface area contributed by atoms with E-state index in [1.807, 2.05) is 0 Å². The van der Waals surface area contributed by atoms with Crippen molar-refractivity contribution in [3.8, 4) is 11.5 Å². The minimum atomic E-state index is -0.348. The molecule has 0 saturated heterocycles. The Kier molecular flexibility index (Phi) is 4.42. The van der Waals surface area contributed by atoms with Gasteiger partial charge >= 0.3 is 0 Å². The van der Waals surface area contributed by atoms with E-state index in [0.717, 1.165) is 0 Å². The van der Waals surface area contributed by atoms with Gasteiger partial charge in [-0.15, -0.1) is 0 Å². The minimum Gasteiger partial charge on any atom is -0.489 e. The van der Waals surface area contributed by atoms with Crippen LogP contribution in [0.2, 0.25) is 0 Å². The van der Waals surface area contributed by atoms with E-state index in [4.69, 9.17) is 9.47 Å². The highest BCUT2D eigenvalue weighted by atomic mass is 19.1. The van der Waals surface area contributed by atoms with Gasteiger partial charge in [0.2, 0.25) is 5.78 Å². The van der Waals surface area contributed by atoms with Gasteiger partial charge in [-0.2, -0.15) is 0 Å². The van der Waals surface area contributed by atoms with Crippen LogP contribution in [0.25, 0.3) is 6.08 Å². The fourth-order valence-corrected chi connectivity index (χ4v) is 2.76. The molecule has 4 rings (SSSR count). The molecule has 0 unspecified atom stereocenters. The van der Waals surface area contributed by atoms with E-state index in [1.54, 1.807) is 48.5 Å². The molecular formula is C22H14F2O3. The Bertz CT molecular complexity index is 1040. The summed E-state index contributed by atoms with van der Waals surface area (Å²) in [7, 11) is 0. The molecule has 0 amide bonds. The molecule has 3 nitrogen and oxygen atoms in total. The van der Waals surface area contributed by atoms with Crippen LogP contribution in [0.1, 0.15) is 21.5 Å². The first-order chi connectivity index (χ1) is 13.1. The monoisotopic (exact) mass is 364 g/mol. The Balaban J connectivity index is 1.51. The molecule has 3 aromatic carbocycles.